The number of halogens is 1. The maximum Gasteiger partial charge on any atom is 0.256 e. The molecule has 0 bridgehead atoms. The van der Waals surface area contributed by atoms with E-state index in [1.165, 1.54) is 11.8 Å². The number of fused-ring (bicyclic) bond motifs is 1. The minimum Gasteiger partial charge on any atom is -0.497 e. The number of nitrogens with one attached hydrogen (secondary N) is 1. The monoisotopic (exact) mass is 352 g/mol. The molecule has 0 spiro atoms. The molecule has 0 radical (unpaired) electrons. The number of amides is 1. The molecule has 3 aromatic rings. The number of rotatable bonds is 3. The van der Waals surface area contributed by atoms with Crippen molar-refractivity contribution in [3.8, 4) is 5.75 Å². The first kappa shape index (κ1) is 16.6. The number of carbonyl (C=O) groups excluding carboxylic acids is 1. The number of aromatic nitrogens is 1. The van der Waals surface area contributed by atoms with Crippen LogP contribution in [0.2, 0.25) is 0 Å². The van der Waals surface area contributed by atoms with Crippen LogP contribution in [-0.4, -0.2) is 36.0 Å². The molecule has 0 aliphatic carbocycles. The summed E-state index contributed by atoms with van der Waals surface area (Å²) in [6.45, 7) is 1.27. The molecule has 1 aliphatic heterocycles. The van der Waals surface area contributed by atoms with Gasteiger partial charge in [0.25, 0.3) is 5.91 Å². The van der Waals surface area contributed by atoms with Crippen molar-refractivity contribution in [1.29, 1.82) is 0 Å². The van der Waals surface area contributed by atoms with Gasteiger partial charge in [-0.15, -0.1) is 0 Å². The van der Waals surface area contributed by atoms with Gasteiger partial charge in [-0.25, -0.2) is 4.39 Å². The van der Waals surface area contributed by atoms with Gasteiger partial charge in [0.2, 0.25) is 0 Å². The highest BCUT2D eigenvalue weighted by Gasteiger charge is 2.26. The van der Waals surface area contributed by atoms with Crippen LogP contribution >= 0.6 is 0 Å². The molecule has 1 aliphatic rings. The average Bonchev–Trinajstić information content (AvgIpc) is 3.11. The maximum atomic E-state index is 13.9. The summed E-state index contributed by atoms with van der Waals surface area (Å²) < 4.78 is 19.1. The number of piperidine rings is 1. The van der Waals surface area contributed by atoms with Gasteiger partial charge in [0.1, 0.15) is 11.6 Å². The van der Waals surface area contributed by atoms with E-state index < -0.39 is 5.82 Å². The van der Waals surface area contributed by atoms with Gasteiger partial charge in [0.15, 0.2) is 0 Å². The zero-order valence-electron chi connectivity index (χ0n) is 14.7. The Bertz CT molecular complexity index is 942. The Balaban J connectivity index is 1.46. The van der Waals surface area contributed by atoms with E-state index >= 15 is 0 Å². The van der Waals surface area contributed by atoms with Gasteiger partial charge in [-0.1, -0.05) is 12.1 Å². The largest absolute Gasteiger partial charge is 0.497 e. The summed E-state index contributed by atoms with van der Waals surface area (Å²) in [6.07, 6.45) is 1.73. The third kappa shape index (κ3) is 3.05. The third-order valence-electron chi connectivity index (χ3n) is 5.18. The van der Waals surface area contributed by atoms with Crippen LogP contribution in [-0.2, 0) is 0 Å². The van der Waals surface area contributed by atoms with Gasteiger partial charge in [0.05, 0.1) is 12.7 Å². The summed E-state index contributed by atoms with van der Waals surface area (Å²) in [7, 11) is 1.66. The summed E-state index contributed by atoms with van der Waals surface area (Å²) in [5, 5.41) is 1.13. The highest BCUT2D eigenvalue weighted by atomic mass is 19.1. The zero-order chi connectivity index (χ0) is 18.1. The number of hydrogen-bond acceptors (Lipinski definition) is 2. The number of aromatic amines is 1. The van der Waals surface area contributed by atoms with E-state index in [4.69, 9.17) is 4.74 Å². The molecule has 2 aromatic carbocycles. The first-order chi connectivity index (χ1) is 12.7. The van der Waals surface area contributed by atoms with E-state index in [-0.39, 0.29) is 11.5 Å². The minimum absolute atomic E-state index is 0.156. The molecule has 4 nitrogen and oxygen atoms in total. The van der Waals surface area contributed by atoms with E-state index in [9.17, 15) is 9.18 Å². The predicted molar refractivity (Wildman–Crippen MR) is 99.1 cm³/mol. The summed E-state index contributed by atoms with van der Waals surface area (Å²) in [6, 6.07) is 14.3. The molecule has 1 aromatic heterocycles. The van der Waals surface area contributed by atoms with Gasteiger partial charge in [-0.3, -0.25) is 4.79 Å². The molecule has 1 amide bonds. The summed E-state index contributed by atoms with van der Waals surface area (Å²) in [4.78, 5) is 17.8. The predicted octanol–water partition coefficient (Wildman–Crippen LogP) is 4.34. The number of nitrogens with zero attached hydrogens (tertiary/aromatic N) is 1. The van der Waals surface area contributed by atoms with Gasteiger partial charge in [-0.2, -0.15) is 0 Å². The van der Waals surface area contributed by atoms with Gasteiger partial charge in [0, 0.05) is 35.6 Å². The highest BCUT2D eigenvalue weighted by Crippen LogP contribution is 2.31. The van der Waals surface area contributed by atoms with E-state index in [2.05, 4.69) is 11.1 Å². The first-order valence-electron chi connectivity index (χ1n) is 8.86. The molecule has 4 rings (SSSR count). The Hall–Kier alpha value is -2.82. The number of ether oxygens (including phenoxy) is 1. The Morgan fingerprint density at radius 1 is 1.15 bits per heavy atom. The molecule has 134 valence electrons. The van der Waals surface area contributed by atoms with Crippen LogP contribution in [0.25, 0.3) is 10.9 Å². The molecular weight excluding hydrogens is 331 g/mol. The SMILES string of the molecule is COc1ccc2[nH]c(C3CCN(C(=O)c4ccccc4F)CC3)cc2c1. The van der Waals surface area contributed by atoms with E-state index in [1.54, 1.807) is 30.2 Å². The summed E-state index contributed by atoms with van der Waals surface area (Å²) in [5.74, 6) is 0.540. The molecule has 1 saturated heterocycles. The molecule has 0 saturated carbocycles. The van der Waals surface area contributed by atoms with Crippen LogP contribution in [0.1, 0.15) is 34.8 Å². The van der Waals surface area contributed by atoms with Crippen LogP contribution in [0.3, 0.4) is 0 Å². The van der Waals surface area contributed by atoms with Crippen molar-refractivity contribution >= 4 is 16.8 Å². The fourth-order valence-electron chi connectivity index (χ4n) is 3.68. The van der Waals surface area contributed by atoms with Crippen LogP contribution in [0, 0.1) is 5.82 Å². The molecule has 0 atom stereocenters. The molecule has 1 fully saturated rings. The molecular formula is C21H21FN2O2. The van der Waals surface area contributed by atoms with E-state index in [1.807, 2.05) is 18.2 Å². The van der Waals surface area contributed by atoms with Crippen molar-refractivity contribution in [3.05, 3.63) is 65.6 Å². The minimum atomic E-state index is -0.454. The van der Waals surface area contributed by atoms with Crippen LogP contribution in [0.4, 0.5) is 4.39 Å². The highest BCUT2D eigenvalue weighted by molar-refractivity contribution is 5.94. The third-order valence-corrected chi connectivity index (χ3v) is 5.18. The van der Waals surface area contributed by atoms with Crippen LogP contribution in [0.5, 0.6) is 5.75 Å². The van der Waals surface area contributed by atoms with Crippen molar-refractivity contribution < 1.29 is 13.9 Å². The van der Waals surface area contributed by atoms with E-state index in [0.29, 0.717) is 19.0 Å². The number of benzene rings is 2. The molecule has 2 heterocycles. The molecule has 1 N–H and O–H groups in total. The van der Waals surface area contributed by atoms with Crippen molar-refractivity contribution in [2.24, 2.45) is 0 Å². The standard InChI is InChI=1S/C21H21FN2O2/c1-26-16-6-7-19-15(12-16)13-20(23-19)14-8-10-24(11-9-14)21(25)17-4-2-3-5-18(17)22/h2-7,12-14,23H,8-11H2,1H3. The number of hydrogen-bond donors (Lipinski definition) is 1. The van der Waals surface area contributed by atoms with Gasteiger partial charge >= 0.3 is 0 Å². The Labute approximate surface area is 151 Å². The van der Waals surface area contributed by atoms with E-state index in [0.717, 1.165) is 29.5 Å². The first-order valence-corrected chi connectivity index (χ1v) is 8.86. The van der Waals surface area contributed by atoms with Crippen molar-refractivity contribution in [2.45, 2.75) is 18.8 Å². The lowest BCUT2D eigenvalue weighted by atomic mass is 9.93. The normalized spacial score (nSPS) is 15.4. The average molecular weight is 352 g/mol. The Kier molecular flexibility index (Phi) is 4.37. The number of methoxy groups -OCH3 is 1. The number of H-pyrrole nitrogens is 1. The van der Waals surface area contributed by atoms with Crippen LogP contribution < -0.4 is 4.74 Å². The summed E-state index contributed by atoms with van der Waals surface area (Å²) >= 11 is 0. The second kappa shape index (κ2) is 6.83. The second-order valence-electron chi connectivity index (χ2n) is 6.72. The fraction of sp³-hybridized carbons (Fsp3) is 0.286. The van der Waals surface area contributed by atoms with Crippen LogP contribution in [0.15, 0.2) is 48.5 Å². The van der Waals surface area contributed by atoms with Crippen molar-refractivity contribution in [2.75, 3.05) is 20.2 Å². The lowest BCUT2D eigenvalue weighted by Gasteiger charge is -2.31. The molecule has 5 heteroatoms. The topological polar surface area (TPSA) is 45.3 Å². The van der Waals surface area contributed by atoms with Gasteiger partial charge < -0.3 is 14.6 Å². The van der Waals surface area contributed by atoms with Crippen molar-refractivity contribution in [1.82, 2.24) is 9.88 Å². The molecule has 0 unspecified atom stereocenters. The lowest BCUT2D eigenvalue weighted by Crippen LogP contribution is -2.38. The second-order valence-corrected chi connectivity index (χ2v) is 6.72. The number of carbonyl (C=O) groups is 1. The van der Waals surface area contributed by atoms with Gasteiger partial charge in [-0.05, 0) is 49.2 Å². The van der Waals surface area contributed by atoms with Crippen molar-refractivity contribution in [3.63, 3.8) is 0 Å². The zero-order valence-corrected chi connectivity index (χ0v) is 14.7. The lowest BCUT2D eigenvalue weighted by molar-refractivity contribution is 0.0707. The maximum absolute atomic E-state index is 13.9. The summed E-state index contributed by atoms with van der Waals surface area (Å²) in [5.41, 5.74) is 2.43. The quantitative estimate of drug-likeness (QED) is 0.762. The Morgan fingerprint density at radius 3 is 2.65 bits per heavy atom. The fourth-order valence-corrected chi connectivity index (χ4v) is 3.68. The molecule has 26 heavy (non-hydrogen) atoms. The number of likely N-dealkylation sites (tertiary alicyclic amines) is 1. The smallest absolute Gasteiger partial charge is 0.256 e. The Morgan fingerprint density at radius 2 is 1.92 bits per heavy atom.